The van der Waals surface area contributed by atoms with Crippen LogP contribution in [0.3, 0.4) is 0 Å². The highest BCUT2D eigenvalue weighted by Crippen LogP contribution is 2.46. The van der Waals surface area contributed by atoms with Crippen molar-refractivity contribution in [1.29, 1.82) is 0 Å². The van der Waals surface area contributed by atoms with Crippen LogP contribution >= 0.6 is 11.3 Å². The minimum absolute atomic E-state index is 0.106. The van der Waals surface area contributed by atoms with Crippen LogP contribution in [-0.4, -0.2) is 16.7 Å². The zero-order valence-electron chi connectivity index (χ0n) is 14.7. The Morgan fingerprint density at radius 1 is 1.39 bits per heavy atom. The molecule has 3 aromatic rings. The van der Waals surface area contributed by atoms with Gasteiger partial charge in [-0.1, -0.05) is 0 Å². The smallest absolute Gasteiger partial charge is 0.329 e. The molecule has 1 aromatic carbocycles. The Morgan fingerprint density at radius 2 is 2.11 bits per heavy atom. The van der Waals surface area contributed by atoms with Crippen molar-refractivity contribution in [2.75, 3.05) is 7.11 Å². The number of alkyl halides is 2. The highest BCUT2D eigenvalue weighted by Gasteiger charge is 2.34. The number of benzene rings is 1. The van der Waals surface area contributed by atoms with Gasteiger partial charge >= 0.3 is 5.69 Å². The number of nitrogens with one attached hydrogen (secondary N) is 1. The average Bonchev–Trinajstić information content (AvgIpc) is 3.37. The van der Waals surface area contributed by atoms with Crippen molar-refractivity contribution in [3.63, 3.8) is 0 Å². The molecule has 0 aliphatic heterocycles. The molecule has 0 amide bonds. The molecule has 0 radical (unpaired) electrons. The van der Waals surface area contributed by atoms with Crippen LogP contribution in [0.5, 0.6) is 5.75 Å². The van der Waals surface area contributed by atoms with Gasteiger partial charge in [0, 0.05) is 17.5 Å². The molecule has 0 saturated heterocycles. The summed E-state index contributed by atoms with van der Waals surface area (Å²) in [7, 11) is 1.25. The summed E-state index contributed by atoms with van der Waals surface area (Å²) in [6.07, 6.45) is -1.96. The van der Waals surface area contributed by atoms with Crippen molar-refractivity contribution in [2.45, 2.75) is 31.9 Å². The second kappa shape index (κ2) is 6.78. The number of thiophene rings is 1. The second-order valence-corrected chi connectivity index (χ2v) is 7.52. The third-order valence-corrected chi connectivity index (χ3v) is 5.75. The quantitative estimate of drug-likeness (QED) is 0.674. The van der Waals surface area contributed by atoms with E-state index in [1.807, 2.05) is 4.98 Å². The lowest BCUT2D eigenvalue weighted by Crippen LogP contribution is -2.31. The molecule has 1 aliphatic rings. The van der Waals surface area contributed by atoms with Gasteiger partial charge in [0.15, 0.2) is 5.75 Å². The first kappa shape index (κ1) is 18.8. The van der Waals surface area contributed by atoms with Crippen LogP contribution in [0.4, 0.5) is 13.2 Å². The van der Waals surface area contributed by atoms with E-state index in [9.17, 15) is 18.4 Å². The first-order chi connectivity index (χ1) is 13.4. The van der Waals surface area contributed by atoms with Gasteiger partial charge in [-0.05, 0) is 29.9 Å². The number of hydrogen-bond donors (Lipinski definition) is 2. The topological polar surface area (TPSA) is 90.1 Å². The van der Waals surface area contributed by atoms with E-state index >= 15 is 4.39 Å². The molecule has 1 fully saturated rings. The maximum Gasteiger partial charge on any atom is 0.329 e. The van der Waals surface area contributed by atoms with Gasteiger partial charge in [-0.3, -0.25) is 14.3 Å². The Morgan fingerprint density at radius 3 is 2.64 bits per heavy atom. The molecule has 28 heavy (non-hydrogen) atoms. The number of H-pyrrole nitrogens is 1. The van der Waals surface area contributed by atoms with Crippen LogP contribution in [0.15, 0.2) is 21.0 Å². The summed E-state index contributed by atoms with van der Waals surface area (Å²) >= 11 is 1.25. The van der Waals surface area contributed by atoms with E-state index in [-0.39, 0.29) is 29.4 Å². The number of halogens is 3. The van der Waals surface area contributed by atoms with E-state index in [4.69, 9.17) is 10.5 Å². The maximum absolute atomic E-state index is 15.3. The van der Waals surface area contributed by atoms with Crippen LogP contribution in [0.25, 0.3) is 22.0 Å². The SMILES string of the molecule is COc1c(-c2csc(CN)c2)c(F)c(C(F)F)c2c(=O)[nH]c(=O)n(C3CC3)c12. The average molecular weight is 411 g/mol. The number of ether oxygens (including phenoxy) is 1. The third-order valence-electron chi connectivity index (χ3n) is 4.79. The number of nitrogens with zero attached hydrogens (tertiary/aromatic N) is 1. The summed E-state index contributed by atoms with van der Waals surface area (Å²) in [4.78, 5) is 27.6. The number of rotatable bonds is 5. The largest absolute Gasteiger partial charge is 0.494 e. The number of aromatic nitrogens is 2. The highest BCUT2D eigenvalue weighted by molar-refractivity contribution is 7.10. The fourth-order valence-electron chi connectivity index (χ4n) is 3.45. The molecule has 1 saturated carbocycles. The van der Waals surface area contributed by atoms with Crippen molar-refractivity contribution in [1.82, 2.24) is 9.55 Å². The molecule has 6 nitrogen and oxygen atoms in total. The van der Waals surface area contributed by atoms with Gasteiger partial charge in [0.05, 0.1) is 23.6 Å². The molecule has 0 atom stereocenters. The monoisotopic (exact) mass is 411 g/mol. The van der Waals surface area contributed by atoms with E-state index in [2.05, 4.69) is 0 Å². The highest BCUT2D eigenvalue weighted by atomic mass is 32.1. The second-order valence-electron chi connectivity index (χ2n) is 6.53. The molecular formula is C18H16F3N3O3S. The molecule has 0 spiro atoms. The Balaban J connectivity index is 2.25. The number of nitrogens with two attached hydrogens (primary N) is 1. The predicted molar refractivity (Wildman–Crippen MR) is 99.8 cm³/mol. The molecule has 4 rings (SSSR count). The van der Waals surface area contributed by atoms with E-state index in [0.717, 1.165) is 4.88 Å². The molecule has 0 unspecified atom stereocenters. The van der Waals surface area contributed by atoms with Crippen LogP contribution in [0, 0.1) is 5.82 Å². The zero-order valence-corrected chi connectivity index (χ0v) is 15.5. The minimum Gasteiger partial charge on any atom is -0.494 e. The lowest BCUT2D eigenvalue weighted by atomic mass is 9.98. The van der Waals surface area contributed by atoms with Crippen LogP contribution < -0.4 is 21.7 Å². The van der Waals surface area contributed by atoms with E-state index in [1.165, 1.54) is 23.0 Å². The molecule has 2 heterocycles. The zero-order chi connectivity index (χ0) is 20.2. The molecule has 148 valence electrons. The number of aromatic amines is 1. The fraction of sp³-hybridized carbons (Fsp3) is 0.333. The third kappa shape index (κ3) is 2.75. The molecule has 3 N–H and O–H groups in total. The normalized spacial score (nSPS) is 14.2. The standard InChI is InChI=1S/C18H16F3N3O3S/c1-27-15-10(7-4-9(5-22)28-6-7)13(19)11(16(20)21)12-14(15)24(8-2-3-8)18(26)23-17(12)25/h4,6,8,16H,2-3,5,22H2,1H3,(H,23,25,26). The predicted octanol–water partition coefficient (Wildman–Crippen LogP) is 3.30. The first-order valence-electron chi connectivity index (χ1n) is 8.52. The Bertz CT molecular complexity index is 1190. The van der Waals surface area contributed by atoms with Crippen molar-refractivity contribution < 1.29 is 17.9 Å². The van der Waals surface area contributed by atoms with Gasteiger partial charge in [-0.25, -0.2) is 18.0 Å². The van der Waals surface area contributed by atoms with Gasteiger partial charge in [-0.2, -0.15) is 0 Å². The van der Waals surface area contributed by atoms with E-state index in [1.54, 1.807) is 11.4 Å². The molecule has 10 heteroatoms. The summed E-state index contributed by atoms with van der Waals surface area (Å²) in [5.74, 6) is -1.36. The van der Waals surface area contributed by atoms with Crippen LogP contribution in [0.2, 0.25) is 0 Å². The van der Waals surface area contributed by atoms with Gasteiger partial charge < -0.3 is 10.5 Å². The van der Waals surface area contributed by atoms with Crippen molar-refractivity contribution in [2.24, 2.45) is 5.73 Å². The number of methoxy groups -OCH3 is 1. The van der Waals surface area contributed by atoms with Crippen LogP contribution in [0.1, 0.15) is 35.7 Å². The van der Waals surface area contributed by atoms with Gasteiger partial charge in [0.1, 0.15) is 11.3 Å². The maximum atomic E-state index is 15.3. The number of fused-ring (bicyclic) bond motifs is 1. The number of hydrogen-bond acceptors (Lipinski definition) is 5. The Kier molecular flexibility index (Phi) is 4.54. The lowest BCUT2D eigenvalue weighted by Gasteiger charge is -2.19. The van der Waals surface area contributed by atoms with E-state index < -0.39 is 34.4 Å². The molecular weight excluding hydrogens is 395 g/mol. The lowest BCUT2D eigenvalue weighted by molar-refractivity contribution is 0.148. The summed E-state index contributed by atoms with van der Waals surface area (Å²) in [6, 6.07) is 1.33. The van der Waals surface area contributed by atoms with Crippen molar-refractivity contribution in [3.8, 4) is 16.9 Å². The van der Waals surface area contributed by atoms with Crippen molar-refractivity contribution in [3.05, 3.63) is 48.5 Å². The molecule has 0 bridgehead atoms. The fourth-order valence-corrected chi connectivity index (χ4v) is 4.20. The minimum atomic E-state index is -3.26. The summed E-state index contributed by atoms with van der Waals surface area (Å²) in [6.45, 7) is 0.205. The summed E-state index contributed by atoms with van der Waals surface area (Å²) < 4.78 is 49.6. The Labute approximate surface area is 160 Å². The molecule has 1 aliphatic carbocycles. The first-order valence-corrected chi connectivity index (χ1v) is 9.40. The van der Waals surface area contributed by atoms with Gasteiger partial charge in [0.25, 0.3) is 12.0 Å². The van der Waals surface area contributed by atoms with Crippen molar-refractivity contribution >= 4 is 22.2 Å². The van der Waals surface area contributed by atoms with Gasteiger partial charge in [-0.15, -0.1) is 11.3 Å². The molecule has 2 aromatic heterocycles. The van der Waals surface area contributed by atoms with Gasteiger partial charge in [0.2, 0.25) is 0 Å². The summed E-state index contributed by atoms with van der Waals surface area (Å²) in [5.41, 5.74) is 2.76. The Hall–Kier alpha value is -2.59. The van der Waals surface area contributed by atoms with Crippen LogP contribution in [-0.2, 0) is 6.54 Å². The van der Waals surface area contributed by atoms with E-state index in [0.29, 0.717) is 18.4 Å². The summed E-state index contributed by atoms with van der Waals surface area (Å²) in [5, 5.41) is 1.02.